The van der Waals surface area contributed by atoms with Gasteiger partial charge in [-0.1, -0.05) is 12.1 Å². The Bertz CT molecular complexity index is 967. The van der Waals surface area contributed by atoms with E-state index in [1.165, 1.54) is 0 Å². The molecule has 7 nitrogen and oxygen atoms in total. The number of amides is 1. The highest BCUT2D eigenvalue weighted by Gasteiger charge is 2.25. The van der Waals surface area contributed by atoms with E-state index in [1.54, 1.807) is 23.8 Å². The summed E-state index contributed by atoms with van der Waals surface area (Å²) in [6, 6.07) is 7.54. The third kappa shape index (κ3) is 2.75. The predicted molar refractivity (Wildman–Crippen MR) is 95.6 cm³/mol. The van der Waals surface area contributed by atoms with Gasteiger partial charge in [0.05, 0.1) is 19.4 Å². The smallest absolute Gasteiger partial charge is 0.273 e. The molecule has 2 aromatic heterocycles. The van der Waals surface area contributed by atoms with Crippen LogP contribution in [0.5, 0.6) is 11.5 Å². The second-order valence-electron chi connectivity index (χ2n) is 6.21. The van der Waals surface area contributed by atoms with Gasteiger partial charge in [0.2, 0.25) is 5.78 Å². The van der Waals surface area contributed by atoms with Crippen molar-refractivity contribution in [1.29, 1.82) is 0 Å². The summed E-state index contributed by atoms with van der Waals surface area (Å²) in [5.41, 5.74) is 2.17. The standard InChI is InChI=1S/C19H20N4O3/c1-13-16(23-10-4-8-20-19(23)21-13)18(24)22-9-5-11-26-17-14(12-22)6-3-7-15(17)25-2/h3-4,6-8,10H,5,9,11-12H2,1-2H3. The van der Waals surface area contributed by atoms with Crippen molar-refractivity contribution in [2.75, 3.05) is 20.3 Å². The largest absolute Gasteiger partial charge is 0.493 e. The normalized spacial score (nSPS) is 14.3. The summed E-state index contributed by atoms with van der Waals surface area (Å²) >= 11 is 0. The maximum atomic E-state index is 13.3. The van der Waals surface area contributed by atoms with Crippen LogP contribution in [0.25, 0.3) is 5.78 Å². The van der Waals surface area contributed by atoms with E-state index in [1.807, 2.05) is 36.2 Å². The summed E-state index contributed by atoms with van der Waals surface area (Å²) < 4.78 is 13.0. The highest BCUT2D eigenvalue weighted by atomic mass is 16.5. The highest BCUT2D eigenvalue weighted by molar-refractivity contribution is 5.94. The van der Waals surface area contributed by atoms with Gasteiger partial charge in [-0.05, 0) is 25.5 Å². The number of carbonyl (C=O) groups is 1. The minimum absolute atomic E-state index is 0.0568. The summed E-state index contributed by atoms with van der Waals surface area (Å²) in [5.74, 6) is 1.88. The number of ether oxygens (including phenoxy) is 2. The number of aryl methyl sites for hydroxylation is 1. The van der Waals surface area contributed by atoms with Gasteiger partial charge in [-0.15, -0.1) is 0 Å². The molecule has 0 fully saturated rings. The second-order valence-corrected chi connectivity index (χ2v) is 6.21. The SMILES string of the molecule is COc1cccc2c1OCCCN(C(=O)c1c(C)nc3ncccn13)C2. The molecule has 0 saturated heterocycles. The number of methoxy groups -OCH3 is 1. The molecule has 0 spiro atoms. The van der Waals surface area contributed by atoms with Gasteiger partial charge in [-0.3, -0.25) is 9.20 Å². The monoisotopic (exact) mass is 352 g/mol. The molecule has 0 aliphatic carbocycles. The van der Waals surface area contributed by atoms with Crippen LogP contribution in [0.1, 0.15) is 28.2 Å². The highest BCUT2D eigenvalue weighted by Crippen LogP contribution is 2.33. The zero-order valence-electron chi connectivity index (χ0n) is 14.8. The number of imidazole rings is 1. The molecule has 0 bridgehead atoms. The molecule has 3 heterocycles. The number of hydrogen-bond acceptors (Lipinski definition) is 5. The molecule has 1 aromatic carbocycles. The van der Waals surface area contributed by atoms with Gasteiger partial charge >= 0.3 is 0 Å². The summed E-state index contributed by atoms with van der Waals surface area (Å²) in [6.07, 6.45) is 4.24. The number of fused-ring (bicyclic) bond motifs is 2. The fourth-order valence-corrected chi connectivity index (χ4v) is 3.30. The number of nitrogens with zero attached hydrogens (tertiary/aromatic N) is 4. The van der Waals surface area contributed by atoms with Gasteiger partial charge in [-0.25, -0.2) is 9.97 Å². The van der Waals surface area contributed by atoms with Crippen molar-refractivity contribution in [2.24, 2.45) is 0 Å². The average Bonchev–Trinajstić information content (AvgIpc) is 2.97. The number of benzene rings is 1. The lowest BCUT2D eigenvalue weighted by Crippen LogP contribution is -2.34. The van der Waals surface area contributed by atoms with E-state index in [0.29, 0.717) is 48.4 Å². The fraction of sp³-hybridized carbons (Fsp3) is 0.316. The summed E-state index contributed by atoms with van der Waals surface area (Å²) in [7, 11) is 1.62. The molecule has 7 heteroatoms. The molecule has 26 heavy (non-hydrogen) atoms. The van der Waals surface area contributed by atoms with Gasteiger partial charge in [0, 0.05) is 31.0 Å². The lowest BCUT2D eigenvalue weighted by Gasteiger charge is -2.27. The Morgan fingerprint density at radius 1 is 1.31 bits per heavy atom. The minimum Gasteiger partial charge on any atom is -0.493 e. The minimum atomic E-state index is -0.0568. The van der Waals surface area contributed by atoms with E-state index in [2.05, 4.69) is 9.97 Å². The summed E-state index contributed by atoms with van der Waals surface area (Å²) in [6.45, 7) is 3.44. The second kappa shape index (κ2) is 6.67. The van der Waals surface area contributed by atoms with Gasteiger partial charge in [-0.2, -0.15) is 0 Å². The van der Waals surface area contributed by atoms with Crippen LogP contribution in [0.4, 0.5) is 0 Å². The van der Waals surface area contributed by atoms with Crippen LogP contribution < -0.4 is 9.47 Å². The molecule has 1 aliphatic rings. The van der Waals surface area contributed by atoms with Crippen LogP contribution >= 0.6 is 0 Å². The van der Waals surface area contributed by atoms with Crippen molar-refractivity contribution < 1.29 is 14.3 Å². The first kappa shape index (κ1) is 16.4. The van der Waals surface area contributed by atoms with Crippen LogP contribution in [0.2, 0.25) is 0 Å². The number of carbonyl (C=O) groups excluding carboxylic acids is 1. The Morgan fingerprint density at radius 2 is 2.19 bits per heavy atom. The molecular weight excluding hydrogens is 332 g/mol. The van der Waals surface area contributed by atoms with Crippen LogP contribution in [0.15, 0.2) is 36.7 Å². The quantitative estimate of drug-likeness (QED) is 0.709. The van der Waals surface area contributed by atoms with E-state index in [4.69, 9.17) is 9.47 Å². The number of hydrogen-bond donors (Lipinski definition) is 0. The van der Waals surface area contributed by atoms with Crippen LogP contribution in [-0.4, -0.2) is 45.4 Å². The molecule has 0 radical (unpaired) electrons. The Balaban J connectivity index is 1.72. The summed E-state index contributed by atoms with van der Waals surface area (Å²) in [5, 5.41) is 0. The van der Waals surface area contributed by atoms with Crippen molar-refractivity contribution in [2.45, 2.75) is 19.9 Å². The van der Waals surface area contributed by atoms with Crippen molar-refractivity contribution in [3.8, 4) is 11.5 Å². The third-order valence-corrected chi connectivity index (χ3v) is 4.53. The molecule has 3 aromatic rings. The van der Waals surface area contributed by atoms with Crippen molar-refractivity contribution >= 4 is 11.7 Å². The predicted octanol–water partition coefficient (Wildman–Crippen LogP) is 2.47. The molecule has 0 N–H and O–H groups in total. The van der Waals surface area contributed by atoms with Gasteiger partial charge < -0.3 is 14.4 Å². The Morgan fingerprint density at radius 3 is 3.04 bits per heavy atom. The first-order valence-electron chi connectivity index (χ1n) is 8.56. The van der Waals surface area contributed by atoms with Crippen molar-refractivity contribution in [1.82, 2.24) is 19.3 Å². The Kier molecular flexibility index (Phi) is 4.20. The van der Waals surface area contributed by atoms with E-state index >= 15 is 0 Å². The van der Waals surface area contributed by atoms with E-state index in [0.717, 1.165) is 12.0 Å². The van der Waals surface area contributed by atoms with E-state index in [9.17, 15) is 4.79 Å². The van der Waals surface area contributed by atoms with Gasteiger partial charge in [0.25, 0.3) is 5.91 Å². The summed E-state index contributed by atoms with van der Waals surface area (Å²) in [4.78, 5) is 23.8. The molecule has 4 rings (SSSR count). The zero-order chi connectivity index (χ0) is 18.1. The molecule has 134 valence electrons. The molecule has 1 aliphatic heterocycles. The number of aromatic nitrogens is 3. The molecule has 0 unspecified atom stereocenters. The average molecular weight is 352 g/mol. The molecule has 0 atom stereocenters. The maximum absolute atomic E-state index is 13.3. The van der Waals surface area contributed by atoms with Crippen LogP contribution in [0.3, 0.4) is 0 Å². The lowest BCUT2D eigenvalue weighted by atomic mass is 10.1. The third-order valence-electron chi connectivity index (χ3n) is 4.53. The fourth-order valence-electron chi connectivity index (χ4n) is 3.30. The molecule has 0 saturated carbocycles. The Hall–Kier alpha value is -3.09. The van der Waals surface area contributed by atoms with Gasteiger partial charge in [0.15, 0.2) is 11.5 Å². The molecular formula is C19H20N4O3. The lowest BCUT2D eigenvalue weighted by molar-refractivity contribution is 0.0713. The number of rotatable bonds is 2. The molecule has 1 amide bonds. The van der Waals surface area contributed by atoms with Gasteiger partial charge in [0.1, 0.15) is 5.69 Å². The van der Waals surface area contributed by atoms with Crippen LogP contribution in [0, 0.1) is 6.92 Å². The first-order valence-corrected chi connectivity index (χ1v) is 8.56. The Labute approximate surface area is 151 Å². The van der Waals surface area contributed by atoms with E-state index < -0.39 is 0 Å². The van der Waals surface area contributed by atoms with Crippen molar-refractivity contribution in [3.63, 3.8) is 0 Å². The van der Waals surface area contributed by atoms with Crippen LogP contribution in [-0.2, 0) is 6.54 Å². The topological polar surface area (TPSA) is 69.0 Å². The number of para-hydroxylation sites is 1. The van der Waals surface area contributed by atoms with Crippen molar-refractivity contribution in [3.05, 3.63) is 53.6 Å². The maximum Gasteiger partial charge on any atom is 0.273 e. The zero-order valence-corrected chi connectivity index (χ0v) is 14.8. The van der Waals surface area contributed by atoms with E-state index in [-0.39, 0.29) is 5.91 Å². The first-order chi connectivity index (χ1) is 12.7.